The number of ether oxygens (including phenoxy) is 1. The lowest BCUT2D eigenvalue weighted by atomic mass is 9.59. The number of carbonyl (C=O) groups is 1. The summed E-state index contributed by atoms with van der Waals surface area (Å²) in [6.07, 6.45) is 3.59. The number of rotatable bonds is 13. The fourth-order valence-electron chi connectivity index (χ4n) is 5.59. The monoisotopic (exact) mass is 495 g/mol. The van der Waals surface area contributed by atoms with Crippen LogP contribution in [-0.2, 0) is 14.9 Å². The standard InChI is InChI=1S/C34H41NO2/c1-5-27(3)25-34(30-19-12-8-13-20-30,31-21-14-9-15-22-31)26-33(6-2,23-16-24-35)32(36)37-28(4)29-17-10-7-11-18-29/h7-15,17-22,27-28H,5-6,16,23,25-26H2,1-4H3. The molecule has 0 fully saturated rings. The molecule has 0 amide bonds. The molecule has 0 aromatic heterocycles. The van der Waals surface area contributed by atoms with Gasteiger partial charge in [-0.15, -0.1) is 0 Å². The molecule has 0 saturated heterocycles. The van der Waals surface area contributed by atoms with Gasteiger partial charge in [0, 0.05) is 11.8 Å². The van der Waals surface area contributed by atoms with E-state index in [0.717, 1.165) is 18.4 Å². The summed E-state index contributed by atoms with van der Waals surface area (Å²) in [5.74, 6) is 0.243. The second-order valence-electron chi connectivity index (χ2n) is 10.5. The maximum atomic E-state index is 14.1. The van der Waals surface area contributed by atoms with Gasteiger partial charge in [0.15, 0.2) is 0 Å². The molecular formula is C34H41NO2. The van der Waals surface area contributed by atoms with Gasteiger partial charge in [-0.3, -0.25) is 4.79 Å². The van der Waals surface area contributed by atoms with Gasteiger partial charge in [0.25, 0.3) is 0 Å². The van der Waals surface area contributed by atoms with E-state index < -0.39 is 10.8 Å². The Morgan fingerprint density at radius 1 is 0.865 bits per heavy atom. The number of esters is 1. The molecule has 3 nitrogen and oxygen atoms in total. The van der Waals surface area contributed by atoms with E-state index >= 15 is 0 Å². The van der Waals surface area contributed by atoms with E-state index in [-0.39, 0.29) is 12.1 Å². The first-order valence-corrected chi connectivity index (χ1v) is 13.6. The van der Waals surface area contributed by atoms with E-state index in [1.807, 2.05) is 49.4 Å². The number of benzene rings is 3. The number of carbonyl (C=O) groups excluding carboxylic acids is 1. The fraction of sp³-hybridized carbons (Fsp3) is 0.412. The van der Waals surface area contributed by atoms with Crippen LogP contribution in [0.2, 0.25) is 0 Å². The average molecular weight is 496 g/mol. The topological polar surface area (TPSA) is 50.1 Å². The van der Waals surface area contributed by atoms with Crippen molar-refractivity contribution < 1.29 is 9.53 Å². The van der Waals surface area contributed by atoms with Crippen LogP contribution in [0.15, 0.2) is 91.0 Å². The summed E-state index contributed by atoms with van der Waals surface area (Å²) in [7, 11) is 0. The van der Waals surface area contributed by atoms with E-state index in [1.54, 1.807) is 0 Å². The third kappa shape index (κ3) is 6.69. The van der Waals surface area contributed by atoms with Crippen LogP contribution in [0.3, 0.4) is 0 Å². The molecule has 3 rings (SSSR count). The summed E-state index contributed by atoms with van der Waals surface area (Å²) < 4.78 is 6.19. The minimum absolute atomic E-state index is 0.206. The second-order valence-corrected chi connectivity index (χ2v) is 10.5. The van der Waals surface area contributed by atoms with Gasteiger partial charge in [-0.25, -0.2) is 0 Å². The zero-order valence-corrected chi connectivity index (χ0v) is 22.8. The SMILES string of the molecule is CCC(C)CC(CC(CC)(CCC#N)C(=O)OC(C)c1ccccc1)(c1ccccc1)c1ccccc1. The normalized spacial score (nSPS) is 14.7. The molecule has 3 heteroatoms. The maximum absolute atomic E-state index is 14.1. The van der Waals surface area contributed by atoms with Crippen LogP contribution in [0.1, 0.15) is 89.0 Å². The van der Waals surface area contributed by atoms with E-state index in [1.165, 1.54) is 11.1 Å². The molecule has 3 atom stereocenters. The number of hydrogen-bond acceptors (Lipinski definition) is 3. The van der Waals surface area contributed by atoms with Crippen molar-refractivity contribution in [2.75, 3.05) is 0 Å². The molecule has 0 N–H and O–H groups in total. The molecule has 194 valence electrons. The average Bonchev–Trinajstić information content (AvgIpc) is 2.96. The highest BCUT2D eigenvalue weighted by atomic mass is 16.5. The second kappa shape index (κ2) is 13.2. The first kappa shape index (κ1) is 28.2. The van der Waals surface area contributed by atoms with Crippen LogP contribution in [0.4, 0.5) is 0 Å². The minimum Gasteiger partial charge on any atom is -0.457 e. The van der Waals surface area contributed by atoms with Crippen molar-refractivity contribution in [3.05, 3.63) is 108 Å². The summed E-state index contributed by atoms with van der Waals surface area (Å²) in [5, 5.41) is 9.58. The van der Waals surface area contributed by atoms with Gasteiger partial charge in [0.1, 0.15) is 6.10 Å². The Morgan fingerprint density at radius 3 is 1.84 bits per heavy atom. The first-order chi connectivity index (χ1) is 17.9. The first-order valence-electron chi connectivity index (χ1n) is 13.6. The van der Waals surface area contributed by atoms with Crippen molar-refractivity contribution in [3.63, 3.8) is 0 Å². The lowest BCUT2D eigenvalue weighted by molar-refractivity contribution is -0.163. The van der Waals surface area contributed by atoms with Gasteiger partial charge in [-0.05, 0) is 55.2 Å². The molecule has 0 spiro atoms. The molecule has 37 heavy (non-hydrogen) atoms. The predicted molar refractivity (Wildman–Crippen MR) is 151 cm³/mol. The van der Waals surface area contributed by atoms with Gasteiger partial charge < -0.3 is 4.74 Å². The van der Waals surface area contributed by atoms with E-state index in [0.29, 0.717) is 31.6 Å². The van der Waals surface area contributed by atoms with Gasteiger partial charge in [0.05, 0.1) is 11.5 Å². The van der Waals surface area contributed by atoms with Gasteiger partial charge >= 0.3 is 5.97 Å². The summed E-state index contributed by atoms with van der Waals surface area (Å²) in [6.45, 7) is 8.51. The Balaban J connectivity index is 2.14. The third-order valence-electron chi connectivity index (χ3n) is 8.06. The molecule has 0 aliphatic rings. The molecular weight excluding hydrogens is 454 g/mol. The smallest absolute Gasteiger partial charge is 0.312 e. The molecule has 3 aromatic rings. The number of nitrogens with zero attached hydrogens (tertiary/aromatic N) is 1. The predicted octanol–water partition coefficient (Wildman–Crippen LogP) is 8.80. The molecule has 0 aliphatic carbocycles. The number of nitriles is 1. The molecule has 0 heterocycles. The third-order valence-corrected chi connectivity index (χ3v) is 8.06. The molecule has 3 unspecified atom stereocenters. The Kier molecular flexibility index (Phi) is 10.1. The Morgan fingerprint density at radius 2 is 1.38 bits per heavy atom. The lowest BCUT2D eigenvalue weighted by Crippen LogP contribution is -2.43. The Bertz CT molecular complexity index is 1100. The van der Waals surface area contributed by atoms with Gasteiger partial charge in [0.2, 0.25) is 0 Å². The van der Waals surface area contributed by atoms with Crippen LogP contribution >= 0.6 is 0 Å². The largest absolute Gasteiger partial charge is 0.457 e. The number of hydrogen-bond donors (Lipinski definition) is 0. The lowest BCUT2D eigenvalue weighted by Gasteiger charge is -2.44. The maximum Gasteiger partial charge on any atom is 0.312 e. The molecule has 0 saturated carbocycles. The van der Waals surface area contributed by atoms with Crippen molar-refractivity contribution in [3.8, 4) is 6.07 Å². The van der Waals surface area contributed by atoms with E-state index in [2.05, 4.69) is 75.4 Å². The quantitative estimate of drug-likeness (QED) is 0.223. The van der Waals surface area contributed by atoms with Gasteiger partial charge in [-0.1, -0.05) is 118 Å². The molecule has 0 bridgehead atoms. The molecule has 0 radical (unpaired) electrons. The van der Waals surface area contributed by atoms with Crippen LogP contribution in [0, 0.1) is 22.7 Å². The van der Waals surface area contributed by atoms with Crippen molar-refractivity contribution in [1.82, 2.24) is 0 Å². The van der Waals surface area contributed by atoms with E-state index in [9.17, 15) is 10.1 Å². The van der Waals surface area contributed by atoms with Crippen LogP contribution in [-0.4, -0.2) is 5.97 Å². The highest BCUT2D eigenvalue weighted by molar-refractivity contribution is 5.77. The van der Waals surface area contributed by atoms with Crippen molar-refractivity contribution in [2.45, 2.75) is 77.7 Å². The Labute approximate surface area is 223 Å². The summed E-state index contributed by atoms with van der Waals surface area (Å²) in [6, 6.07) is 33.4. The highest BCUT2D eigenvalue weighted by Gasteiger charge is 2.48. The summed E-state index contributed by atoms with van der Waals surface area (Å²) in [4.78, 5) is 14.1. The zero-order chi connectivity index (χ0) is 26.7. The van der Waals surface area contributed by atoms with Crippen molar-refractivity contribution in [1.29, 1.82) is 5.26 Å². The van der Waals surface area contributed by atoms with Gasteiger partial charge in [-0.2, -0.15) is 5.26 Å². The van der Waals surface area contributed by atoms with Crippen LogP contribution in [0.25, 0.3) is 0 Å². The fourth-order valence-corrected chi connectivity index (χ4v) is 5.59. The van der Waals surface area contributed by atoms with Crippen molar-refractivity contribution in [2.24, 2.45) is 11.3 Å². The zero-order valence-electron chi connectivity index (χ0n) is 22.8. The Hall–Kier alpha value is -3.38. The summed E-state index contributed by atoms with van der Waals surface area (Å²) >= 11 is 0. The molecule has 3 aromatic carbocycles. The van der Waals surface area contributed by atoms with Crippen molar-refractivity contribution >= 4 is 5.97 Å². The molecule has 0 aliphatic heterocycles. The summed E-state index contributed by atoms with van der Waals surface area (Å²) in [5.41, 5.74) is 2.20. The minimum atomic E-state index is -0.794. The highest BCUT2D eigenvalue weighted by Crippen LogP contribution is 2.50. The van der Waals surface area contributed by atoms with Crippen LogP contribution < -0.4 is 0 Å². The van der Waals surface area contributed by atoms with E-state index in [4.69, 9.17) is 4.74 Å². The van der Waals surface area contributed by atoms with Crippen LogP contribution in [0.5, 0.6) is 0 Å².